The SMILES string of the molecule is CC(C)NC(=S)NNC(=O)c1cccc(S(=O)(=O)Nc2ccc(F)cc2)c1. The van der Waals surface area contributed by atoms with Crippen LogP contribution in [0, 0.1) is 5.82 Å². The first-order valence-electron chi connectivity index (χ1n) is 7.92. The zero-order chi connectivity index (χ0) is 20.0. The highest BCUT2D eigenvalue weighted by Crippen LogP contribution is 2.17. The molecule has 0 atom stereocenters. The fourth-order valence-corrected chi connectivity index (χ4v) is 3.41. The lowest BCUT2D eigenvalue weighted by Crippen LogP contribution is -2.48. The van der Waals surface area contributed by atoms with Gasteiger partial charge in [-0.05, 0) is 68.5 Å². The fraction of sp³-hybridized carbons (Fsp3) is 0.176. The molecule has 2 aromatic carbocycles. The first kappa shape index (κ1) is 20.6. The molecular formula is C17H19FN4O3S2. The van der Waals surface area contributed by atoms with Gasteiger partial charge in [-0.25, -0.2) is 12.8 Å². The zero-order valence-corrected chi connectivity index (χ0v) is 16.2. The number of benzene rings is 2. The van der Waals surface area contributed by atoms with E-state index in [9.17, 15) is 17.6 Å². The molecule has 0 heterocycles. The van der Waals surface area contributed by atoms with Crippen molar-refractivity contribution in [1.82, 2.24) is 16.2 Å². The molecule has 0 saturated carbocycles. The number of carbonyl (C=O) groups excluding carboxylic acids is 1. The van der Waals surface area contributed by atoms with Gasteiger partial charge >= 0.3 is 0 Å². The molecule has 0 aromatic heterocycles. The van der Waals surface area contributed by atoms with Crippen LogP contribution in [0.25, 0.3) is 0 Å². The van der Waals surface area contributed by atoms with Gasteiger partial charge in [0.25, 0.3) is 15.9 Å². The number of anilines is 1. The summed E-state index contributed by atoms with van der Waals surface area (Å²) >= 11 is 5.00. The Morgan fingerprint density at radius 2 is 1.74 bits per heavy atom. The molecule has 2 rings (SSSR count). The maximum absolute atomic E-state index is 12.9. The highest BCUT2D eigenvalue weighted by molar-refractivity contribution is 7.92. The van der Waals surface area contributed by atoms with Crippen LogP contribution in [-0.4, -0.2) is 25.5 Å². The number of carbonyl (C=O) groups is 1. The maximum Gasteiger partial charge on any atom is 0.269 e. The summed E-state index contributed by atoms with van der Waals surface area (Å²) in [7, 11) is -3.94. The summed E-state index contributed by atoms with van der Waals surface area (Å²) < 4.78 is 40.2. The lowest BCUT2D eigenvalue weighted by Gasteiger charge is -2.14. The normalized spacial score (nSPS) is 11.0. The van der Waals surface area contributed by atoms with E-state index in [0.29, 0.717) is 0 Å². The van der Waals surface area contributed by atoms with Crippen molar-refractivity contribution in [2.75, 3.05) is 4.72 Å². The van der Waals surface area contributed by atoms with E-state index in [0.717, 1.165) is 12.1 Å². The van der Waals surface area contributed by atoms with Gasteiger partial charge in [-0.15, -0.1) is 0 Å². The largest absolute Gasteiger partial charge is 0.359 e. The second kappa shape index (κ2) is 8.78. The molecule has 2 aromatic rings. The minimum atomic E-state index is -3.94. The van der Waals surface area contributed by atoms with Gasteiger partial charge in [0.2, 0.25) is 0 Å². The molecule has 0 unspecified atom stereocenters. The summed E-state index contributed by atoms with van der Waals surface area (Å²) in [5.74, 6) is -1.03. The molecule has 0 fully saturated rings. The molecule has 7 nitrogen and oxygen atoms in total. The van der Waals surface area contributed by atoms with E-state index < -0.39 is 21.7 Å². The molecule has 0 saturated heterocycles. The third-order valence-corrected chi connectivity index (χ3v) is 4.81. The van der Waals surface area contributed by atoms with E-state index in [1.165, 1.54) is 36.4 Å². The fourth-order valence-electron chi connectivity index (χ4n) is 2.02. The molecule has 0 spiro atoms. The molecule has 10 heteroatoms. The third-order valence-electron chi connectivity index (χ3n) is 3.21. The average Bonchev–Trinajstić information content (AvgIpc) is 2.61. The Bertz CT molecular complexity index is 931. The van der Waals surface area contributed by atoms with Crippen molar-refractivity contribution in [3.63, 3.8) is 0 Å². The highest BCUT2D eigenvalue weighted by atomic mass is 32.2. The molecule has 0 aliphatic carbocycles. The Balaban J connectivity index is 2.10. The molecule has 0 radical (unpaired) electrons. The summed E-state index contributed by atoms with van der Waals surface area (Å²) in [5.41, 5.74) is 5.25. The van der Waals surface area contributed by atoms with Crippen molar-refractivity contribution in [3.05, 3.63) is 59.9 Å². The zero-order valence-electron chi connectivity index (χ0n) is 14.6. The van der Waals surface area contributed by atoms with Crippen molar-refractivity contribution in [1.29, 1.82) is 0 Å². The standard InChI is InChI=1S/C17H19FN4O3S2/c1-11(2)19-17(26)21-20-16(23)12-4-3-5-15(10-12)27(24,25)22-14-8-6-13(18)7-9-14/h3-11,22H,1-2H3,(H,20,23)(H2,19,21,26). The minimum Gasteiger partial charge on any atom is -0.359 e. The summed E-state index contributed by atoms with van der Waals surface area (Å²) in [6.07, 6.45) is 0. The lowest BCUT2D eigenvalue weighted by atomic mass is 10.2. The molecule has 1 amide bonds. The number of nitrogens with one attached hydrogen (secondary N) is 4. The van der Waals surface area contributed by atoms with E-state index in [4.69, 9.17) is 12.2 Å². The Morgan fingerprint density at radius 3 is 2.37 bits per heavy atom. The Morgan fingerprint density at radius 1 is 1.07 bits per heavy atom. The van der Waals surface area contributed by atoms with E-state index in [-0.39, 0.29) is 27.3 Å². The van der Waals surface area contributed by atoms with Crippen LogP contribution in [0.4, 0.5) is 10.1 Å². The van der Waals surface area contributed by atoms with Crippen LogP contribution in [0.3, 0.4) is 0 Å². The van der Waals surface area contributed by atoms with Crippen molar-refractivity contribution in [3.8, 4) is 0 Å². The molecule has 0 bridgehead atoms. The van der Waals surface area contributed by atoms with Gasteiger partial charge in [0.05, 0.1) is 4.90 Å². The predicted octanol–water partition coefficient (Wildman–Crippen LogP) is 2.14. The number of hydrazine groups is 1. The second-order valence-electron chi connectivity index (χ2n) is 5.85. The predicted molar refractivity (Wildman–Crippen MR) is 105 cm³/mol. The van der Waals surface area contributed by atoms with Crippen LogP contribution in [0.5, 0.6) is 0 Å². The molecule has 144 valence electrons. The summed E-state index contributed by atoms with van der Waals surface area (Å²) in [5, 5.41) is 3.13. The number of thiocarbonyl (C=S) groups is 1. The number of amides is 1. The van der Waals surface area contributed by atoms with Gasteiger partial charge in [0.15, 0.2) is 5.11 Å². The average molecular weight is 410 g/mol. The van der Waals surface area contributed by atoms with Crippen LogP contribution in [0.15, 0.2) is 53.4 Å². The number of sulfonamides is 1. The van der Waals surface area contributed by atoms with Crippen LogP contribution in [-0.2, 0) is 10.0 Å². The van der Waals surface area contributed by atoms with Gasteiger partial charge in [-0.3, -0.25) is 20.4 Å². The Hall–Kier alpha value is -2.72. The summed E-state index contributed by atoms with van der Waals surface area (Å²) in [4.78, 5) is 12.1. The molecular weight excluding hydrogens is 391 g/mol. The van der Waals surface area contributed by atoms with Gasteiger partial charge < -0.3 is 5.32 Å². The highest BCUT2D eigenvalue weighted by Gasteiger charge is 2.17. The molecule has 27 heavy (non-hydrogen) atoms. The van der Waals surface area contributed by atoms with Crippen molar-refractivity contribution in [2.45, 2.75) is 24.8 Å². The topological polar surface area (TPSA) is 99.3 Å². The van der Waals surface area contributed by atoms with Gasteiger partial charge in [0, 0.05) is 17.3 Å². The third kappa shape index (κ3) is 6.19. The van der Waals surface area contributed by atoms with E-state index in [1.807, 2.05) is 13.8 Å². The summed E-state index contributed by atoms with van der Waals surface area (Å²) in [6, 6.07) is 10.5. The second-order valence-corrected chi connectivity index (χ2v) is 7.94. The first-order chi connectivity index (χ1) is 12.7. The molecule has 0 aliphatic heterocycles. The van der Waals surface area contributed by atoms with E-state index in [2.05, 4.69) is 20.9 Å². The van der Waals surface area contributed by atoms with Crippen LogP contribution < -0.4 is 20.9 Å². The van der Waals surface area contributed by atoms with E-state index in [1.54, 1.807) is 0 Å². The van der Waals surface area contributed by atoms with Gasteiger partial charge in [-0.1, -0.05) is 6.07 Å². The van der Waals surface area contributed by atoms with E-state index >= 15 is 0 Å². The van der Waals surface area contributed by atoms with Crippen molar-refractivity contribution in [2.24, 2.45) is 0 Å². The number of halogens is 1. The van der Waals surface area contributed by atoms with Gasteiger partial charge in [-0.2, -0.15) is 0 Å². The lowest BCUT2D eigenvalue weighted by molar-refractivity contribution is 0.0943. The molecule has 0 aliphatic rings. The van der Waals surface area contributed by atoms with Crippen LogP contribution in [0.1, 0.15) is 24.2 Å². The Kier molecular flexibility index (Phi) is 6.70. The minimum absolute atomic E-state index is 0.0907. The summed E-state index contributed by atoms with van der Waals surface area (Å²) in [6.45, 7) is 3.77. The number of hydrogen-bond donors (Lipinski definition) is 4. The van der Waals surface area contributed by atoms with Gasteiger partial charge in [0.1, 0.15) is 5.82 Å². The molecule has 4 N–H and O–H groups in total. The van der Waals surface area contributed by atoms with Crippen molar-refractivity contribution >= 4 is 38.9 Å². The maximum atomic E-state index is 12.9. The first-order valence-corrected chi connectivity index (χ1v) is 9.82. The monoisotopic (exact) mass is 410 g/mol. The quantitative estimate of drug-likeness (QED) is 0.445. The number of rotatable bonds is 5. The Labute approximate surface area is 162 Å². The van der Waals surface area contributed by atoms with Crippen LogP contribution in [0.2, 0.25) is 0 Å². The smallest absolute Gasteiger partial charge is 0.269 e. The van der Waals surface area contributed by atoms with Crippen molar-refractivity contribution < 1.29 is 17.6 Å². The number of hydrogen-bond acceptors (Lipinski definition) is 4. The van der Waals surface area contributed by atoms with Crippen LogP contribution >= 0.6 is 12.2 Å².